The molecule has 1 rings (SSSR count). The number of benzene rings is 1. The standard InChI is InChI=1S/C16H25FN2O3/c1-16(2,7-9-20)11-19-15(21)18-8-6-12-4-5-13(17)14(10-12)22-3/h4-5,10,20H,6-9,11H2,1-3H3,(H2,18,19,21). The third kappa shape index (κ3) is 6.30. The summed E-state index contributed by atoms with van der Waals surface area (Å²) in [6.07, 6.45) is 1.22. The fraction of sp³-hybridized carbons (Fsp3) is 0.562. The summed E-state index contributed by atoms with van der Waals surface area (Å²) >= 11 is 0. The van der Waals surface area contributed by atoms with Crippen LogP contribution in [0.3, 0.4) is 0 Å². The van der Waals surface area contributed by atoms with Crippen LogP contribution < -0.4 is 15.4 Å². The third-order valence-electron chi connectivity index (χ3n) is 3.43. The molecule has 2 amide bonds. The lowest BCUT2D eigenvalue weighted by Gasteiger charge is -2.23. The molecule has 1 aromatic carbocycles. The molecule has 0 aliphatic rings. The predicted molar refractivity (Wildman–Crippen MR) is 83.5 cm³/mol. The molecule has 0 saturated heterocycles. The molecule has 22 heavy (non-hydrogen) atoms. The zero-order valence-corrected chi connectivity index (χ0v) is 13.4. The number of nitrogens with one attached hydrogen (secondary N) is 2. The third-order valence-corrected chi connectivity index (χ3v) is 3.43. The van der Waals surface area contributed by atoms with E-state index in [4.69, 9.17) is 9.84 Å². The first-order valence-electron chi connectivity index (χ1n) is 7.33. The Bertz CT molecular complexity index is 492. The molecule has 0 fully saturated rings. The number of carbonyl (C=O) groups excluding carboxylic acids is 1. The van der Waals surface area contributed by atoms with Crippen LogP contribution in [-0.2, 0) is 6.42 Å². The van der Waals surface area contributed by atoms with Crippen molar-refractivity contribution in [2.45, 2.75) is 26.7 Å². The molecule has 1 aromatic rings. The van der Waals surface area contributed by atoms with Crippen molar-refractivity contribution >= 4 is 6.03 Å². The summed E-state index contributed by atoms with van der Waals surface area (Å²) in [5, 5.41) is 14.5. The number of aliphatic hydroxyl groups is 1. The maximum Gasteiger partial charge on any atom is 0.314 e. The van der Waals surface area contributed by atoms with E-state index in [-0.39, 0.29) is 23.8 Å². The van der Waals surface area contributed by atoms with Gasteiger partial charge in [0.15, 0.2) is 11.6 Å². The van der Waals surface area contributed by atoms with E-state index in [2.05, 4.69) is 10.6 Å². The summed E-state index contributed by atoms with van der Waals surface area (Å²) in [6.45, 7) is 5.00. The van der Waals surface area contributed by atoms with Crippen LogP contribution in [0.25, 0.3) is 0 Å². The van der Waals surface area contributed by atoms with Gasteiger partial charge in [0.2, 0.25) is 0 Å². The van der Waals surface area contributed by atoms with E-state index in [9.17, 15) is 9.18 Å². The second-order valence-electron chi connectivity index (χ2n) is 5.97. The van der Waals surface area contributed by atoms with Crippen LogP contribution in [0.2, 0.25) is 0 Å². The number of ether oxygens (including phenoxy) is 1. The summed E-state index contributed by atoms with van der Waals surface area (Å²) in [5.41, 5.74) is 0.746. The van der Waals surface area contributed by atoms with Crippen molar-refractivity contribution in [2.24, 2.45) is 5.41 Å². The van der Waals surface area contributed by atoms with E-state index >= 15 is 0 Å². The predicted octanol–water partition coefficient (Wildman–Crippen LogP) is 2.08. The molecule has 0 aliphatic carbocycles. The number of methoxy groups -OCH3 is 1. The van der Waals surface area contributed by atoms with Crippen LogP contribution >= 0.6 is 0 Å². The van der Waals surface area contributed by atoms with Crippen molar-refractivity contribution in [1.29, 1.82) is 0 Å². The Morgan fingerprint density at radius 3 is 2.73 bits per heavy atom. The maximum absolute atomic E-state index is 13.3. The van der Waals surface area contributed by atoms with E-state index in [1.165, 1.54) is 13.2 Å². The number of amides is 2. The Balaban J connectivity index is 2.33. The van der Waals surface area contributed by atoms with E-state index < -0.39 is 5.82 Å². The summed E-state index contributed by atoms with van der Waals surface area (Å²) in [7, 11) is 1.42. The first-order chi connectivity index (χ1) is 10.4. The largest absolute Gasteiger partial charge is 0.494 e. The van der Waals surface area contributed by atoms with Crippen molar-refractivity contribution in [1.82, 2.24) is 10.6 Å². The van der Waals surface area contributed by atoms with E-state index in [1.807, 2.05) is 13.8 Å². The van der Waals surface area contributed by atoms with Crippen molar-refractivity contribution in [3.63, 3.8) is 0 Å². The molecule has 124 valence electrons. The van der Waals surface area contributed by atoms with Crippen molar-refractivity contribution in [3.8, 4) is 5.75 Å². The van der Waals surface area contributed by atoms with Crippen LogP contribution in [0.5, 0.6) is 5.75 Å². The lowest BCUT2D eigenvalue weighted by molar-refractivity contribution is 0.201. The van der Waals surface area contributed by atoms with E-state index in [0.29, 0.717) is 25.9 Å². The summed E-state index contributed by atoms with van der Waals surface area (Å²) in [6, 6.07) is 4.40. The fourth-order valence-corrected chi connectivity index (χ4v) is 1.95. The monoisotopic (exact) mass is 312 g/mol. The highest BCUT2D eigenvalue weighted by atomic mass is 19.1. The molecule has 0 unspecified atom stereocenters. The molecular formula is C16H25FN2O3. The number of carbonyl (C=O) groups is 1. The normalized spacial score (nSPS) is 11.1. The fourth-order valence-electron chi connectivity index (χ4n) is 1.95. The van der Waals surface area contributed by atoms with E-state index in [1.54, 1.807) is 12.1 Å². The molecule has 3 N–H and O–H groups in total. The summed E-state index contributed by atoms with van der Waals surface area (Å²) < 4.78 is 18.2. The summed E-state index contributed by atoms with van der Waals surface area (Å²) in [4.78, 5) is 11.7. The molecule has 0 spiro atoms. The molecule has 5 nitrogen and oxygen atoms in total. The molecular weight excluding hydrogens is 287 g/mol. The Kier molecular flexibility index (Phi) is 7.11. The molecule has 0 radical (unpaired) electrons. The van der Waals surface area contributed by atoms with Gasteiger partial charge in [0.1, 0.15) is 0 Å². The Labute approximate surface area is 130 Å². The molecule has 6 heteroatoms. The average molecular weight is 312 g/mol. The van der Waals surface area contributed by atoms with Crippen LogP contribution in [-0.4, -0.2) is 37.9 Å². The minimum Gasteiger partial charge on any atom is -0.494 e. The Morgan fingerprint density at radius 1 is 1.36 bits per heavy atom. The highest BCUT2D eigenvalue weighted by Crippen LogP contribution is 2.18. The first-order valence-corrected chi connectivity index (χ1v) is 7.33. The molecule has 0 atom stereocenters. The van der Waals surface area contributed by atoms with Gasteiger partial charge in [-0.25, -0.2) is 9.18 Å². The maximum atomic E-state index is 13.3. The molecule has 0 heterocycles. The topological polar surface area (TPSA) is 70.6 Å². The molecule has 0 aliphatic heterocycles. The van der Waals surface area contributed by atoms with E-state index in [0.717, 1.165) is 5.56 Å². The number of hydrogen-bond acceptors (Lipinski definition) is 3. The number of hydrogen-bond donors (Lipinski definition) is 3. The van der Waals surface area contributed by atoms with Gasteiger partial charge >= 0.3 is 6.03 Å². The molecule has 0 saturated carbocycles. The minimum atomic E-state index is -0.400. The SMILES string of the molecule is COc1cc(CCNC(=O)NCC(C)(C)CCO)ccc1F. The van der Waals surface area contributed by atoms with Crippen molar-refractivity contribution in [2.75, 3.05) is 26.8 Å². The number of aliphatic hydroxyl groups excluding tert-OH is 1. The van der Waals surface area contributed by atoms with Crippen LogP contribution in [0.1, 0.15) is 25.8 Å². The Hall–Kier alpha value is -1.82. The second-order valence-corrected chi connectivity index (χ2v) is 5.97. The smallest absolute Gasteiger partial charge is 0.314 e. The summed E-state index contributed by atoms with van der Waals surface area (Å²) in [5.74, 6) is -0.198. The van der Waals surface area contributed by atoms with Gasteiger partial charge in [-0.05, 0) is 36.0 Å². The first kappa shape index (κ1) is 18.2. The number of urea groups is 1. The Morgan fingerprint density at radius 2 is 2.09 bits per heavy atom. The van der Waals surface area contributed by atoms with Gasteiger partial charge in [0.25, 0.3) is 0 Å². The zero-order valence-electron chi connectivity index (χ0n) is 13.4. The minimum absolute atomic E-state index is 0.0999. The number of halogens is 1. The van der Waals surface area contributed by atoms with Gasteiger partial charge < -0.3 is 20.5 Å². The number of rotatable bonds is 8. The highest BCUT2D eigenvalue weighted by molar-refractivity contribution is 5.73. The quantitative estimate of drug-likeness (QED) is 0.688. The highest BCUT2D eigenvalue weighted by Gasteiger charge is 2.17. The van der Waals surface area contributed by atoms with Gasteiger partial charge in [-0.2, -0.15) is 0 Å². The van der Waals surface area contributed by atoms with Gasteiger partial charge in [0.05, 0.1) is 7.11 Å². The lowest BCUT2D eigenvalue weighted by Crippen LogP contribution is -2.41. The van der Waals surface area contributed by atoms with Crippen LogP contribution in [0.4, 0.5) is 9.18 Å². The van der Waals surface area contributed by atoms with Gasteiger partial charge in [-0.15, -0.1) is 0 Å². The van der Waals surface area contributed by atoms with Crippen LogP contribution in [0, 0.1) is 11.2 Å². The van der Waals surface area contributed by atoms with Crippen molar-refractivity contribution < 1.29 is 19.0 Å². The molecule has 0 bridgehead atoms. The van der Waals surface area contributed by atoms with Crippen LogP contribution in [0.15, 0.2) is 18.2 Å². The molecule has 0 aromatic heterocycles. The zero-order chi connectivity index (χ0) is 16.6. The van der Waals surface area contributed by atoms with Gasteiger partial charge in [0, 0.05) is 19.7 Å². The second kappa shape index (κ2) is 8.58. The van der Waals surface area contributed by atoms with Gasteiger partial charge in [-0.3, -0.25) is 0 Å². The van der Waals surface area contributed by atoms with Gasteiger partial charge in [-0.1, -0.05) is 19.9 Å². The van der Waals surface area contributed by atoms with Crippen molar-refractivity contribution in [3.05, 3.63) is 29.6 Å². The average Bonchev–Trinajstić information content (AvgIpc) is 2.47. The lowest BCUT2D eigenvalue weighted by atomic mass is 9.90.